The molecule has 0 aliphatic rings. The summed E-state index contributed by atoms with van der Waals surface area (Å²) in [6, 6.07) is 7.62. The number of benzene rings is 1. The van der Waals surface area contributed by atoms with Gasteiger partial charge in [0.15, 0.2) is 0 Å². The number of anilines is 1. The number of amides is 1. The molecule has 0 aliphatic carbocycles. The van der Waals surface area contributed by atoms with Crippen molar-refractivity contribution in [3.63, 3.8) is 0 Å². The molecule has 0 aliphatic heterocycles. The Morgan fingerprint density at radius 3 is 2.67 bits per heavy atom. The zero-order valence-corrected chi connectivity index (χ0v) is 9.16. The molecule has 1 rings (SSSR count). The molecule has 0 atom stereocenters. The molecule has 0 aromatic heterocycles. The molecule has 0 unspecified atom stereocenters. The van der Waals surface area contributed by atoms with E-state index in [9.17, 15) is 4.79 Å². The molecule has 0 bridgehead atoms. The first-order valence-electron chi connectivity index (χ1n) is 4.85. The normalized spacial score (nSPS) is 10.0. The largest absolute Gasteiger partial charge is 0.398 e. The van der Waals surface area contributed by atoms with Crippen LogP contribution in [-0.2, 0) is 11.3 Å². The van der Waals surface area contributed by atoms with Crippen LogP contribution in [0.2, 0.25) is 0 Å². The van der Waals surface area contributed by atoms with Crippen molar-refractivity contribution in [2.45, 2.75) is 6.54 Å². The minimum atomic E-state index is 0.0597. The molecule has 3 N–H and O–H groups in total. The Balaban J connectivity index is 2.38. The predicted molar refractivity (Wildman–Crippen MR) is 61.3 cm³/mol. The van der Waals surface area contributed by atoms with E-state index in [-0.39, 0.29) is 5.91 Å². The first kappa shape index (κ1) is 11.5. The smallest absolute Gasteiger partial charge is 0.236 e. The Morgan fingerprint density at radius 1 is 1.40 bits per heavy atom. The van der Waals surface area contributed by atoms with Gasteiger partial charge in [0.1, 0.15) is 0 Å². The van der Waals surface area contributed by atoms with E-state index in [0.717, 1.165) is 11.3 Å². The third-order valence-electron chi connectivity index (χ3n) is 2.15. The summed E-state index contributed by atoms with van der Waals surface area (Å²) >= 11 is 0. The lowest BCUT2D eigenvalue weighted by atomic mass is 10.2. The Hall–Kier alpha value is -1.55. The molecule has 1 aromatic rings. The highest BCUT2D eigenvalue weighted by molar-refractivity contribution is 5.77. The maximum Gasteiger partial charge on any atom is 0.236 e. The molecule has 0 fully saturated rings. The zero-order chi connectivity index (χ0) is 11.3. The van der Waals surface area contributed by atoms with Crippen LogP contribution in [0.3, 0.4) is 0 Å². The summed E-state index contributed by atoms with van der Waals surface area (Å²) in [4.78, 5) is 12.8. The van der Waals surface area contributed by atoms with Crippen LogP contribution < -0.4 is 11.1 Å². The molecule has 15 heavy (non-hydrogen) atoms. The monoisotopic (exact) mass is 207 g/mol. The maximum absolute atomic E-state index is 11.3. The summed E-state index contributed by atoms with van der Waals surface area (Å²) in [5.41, 5.74) is 7.53. The first-order valence-corrected chi connectivity index (χ1v) is 4.85. The summed E-state index contributed by atoms with van der Waals surface area (Å²) in [5, 5.41) is 3.05. The Morgan fingerprint density at radius 2 is 2.07 bits per heavy atom. The van der Waals surface area contributed by atoms with Crippen molar-refractivity contribution in [1.29, 1.82) is 0 Å². The van der Waals surface area contributed by atoms with Crippen molar-refractivity contribution in [3.05, 3.63) is 29.8 Å². The molecule has 0 radical (unpaired) electrons. The van der Waals surface area contributed by atoms with E-state index in [1.165, 1.54) is 0 Å². The number of hydrogen-bond acceptors (Lipinski definition) is 3. The summed E-state index contributed by atoms with van der Waals surface area (Å²) in [5.74, 6) is 0.0597. The van der Waals surface area contributed by atoms with Crippen molar-refractivity contribution in [3.8, 4) is 0 Å². The van der Waals surface area contributed by atoms with Gasteiger partial charge in [-0.05, 0) is 11.6 Å². The summed E-state index contributed by atoms with van der Waals surface area (Å²) in [7, 11) is 3.47. The SMILES string of the molecule is CN(C)C(=O)CNCc1ccccc1N. The zero-order valence-electron chi connectivity index (χ0n) is 9.16. The number of hydrogen-bond donors (Lipinski definition) is 2. The van der Waals surface area contributed by atoms with E-state index >= 15 is 0 Å². The topological polar surface area (TPSA) is 58.4 Å². The maximum atomic E-state index is 11.3. The molecule has 4 heteroatoms. The van der Waals surface area contributed by atoms with E-state index in [4.69, 9.17) is 5.73 Å². The van der Waals surface area contributed by atoms with Gasteiger partial charge in [-0.1, -0.05) is 18.2 Å². The molecule has 0 heterocycles. The van der Waals surface area contributed by atoms with Gasteiger partial charge in [0.05, 0.1) is 6.54 Å². The standard InChI is InChI=1S/C11H17N3O/c1-14(2)11(15)8-13-7-9-5-3-4-6-10(9)12/h3-6,13H,7-8,12H2,1-2H3. The van der Waals surface area contributed by atoms with Gasteiger partial charge in [-0.15, -0.1) is 0 Å². The van der Waals surface area contributed by atoms with Crippen LogP contribution in [0.25, 0.3) is 0 Å². The van der Waals surface area contributed by atoms with Crippen LogP contribution in [0.5, 0.6) is 0 Å². The third-order valence-corrected chi connectivity index (χ3v) is 2.15. The lowest BCUT2D eigenvalue weighted by Crippen LogP contribution is -2.32. The second-order valence-corrected chi connectivity index (χ2v) is 3.59. The van der Waals surface area contributed by atoms with Gasteiger partial charge >= 0.3 is 0 Å². The number of rotatable bonds is 4. The number of nitrogens with one attached hydrogen (secondary N) is 1. The number of nitrogens with zero attached hydrogens (tertiary/aromatic N) is 1. The van der Waals surface area contributed by atoms with Crippen LogP contribution in [0.4, 0.5) is 5.69 Å². The Kier molecular flexibility index (Phi) is 4.12. The van der Waals surface area contributed by atoms with Crippen LogP contribution in [0.1, 0.15) is 5.56 Å². The fourth-order valence-electron chi connectivity index (χ4n) is 1.16. The third kappa shape index (κ3) is 3.59. The molecule has 0 saturated carbocycles. The van der Waals surface area contributed by atoms with Crippen LogP contribution in [0, 0.1) is 0 Å². The van der Waals surface area contributed by atoms with Crippen molar-refractivity contribution in [2.24, 2.45) is 0 Å². The molecular formula is C11H17N3O. The van der Waals surface area contributed by atoms with Gasteiger partial charge in [0, 0.05) is 26.3 Å². The summed E-state index contributed by atoms with van der Waals surface area (Å²) < 4.78 is 0. The van der Waals surface area contributed by atoms with Crippen molar-refractivity contribution in [2.75, 3.05) is 26.4 Å². The number of likely N-dealkylation sites (N-methyl/N-ethyl adjacent to an activating group) is 1. The minimum Gasteiger partial charge on any atom is -0.398 e. The summed E-state index contributed by atoms with van der Waals surface area (Å²) in [6.45, 7) is 0.952. The molecule has 1 aromatic carbocycles. The van der Waals surface area contributed by atoms with Gasteiger partial charge < -0.3 is 16.0 Å². The fraction of sp³-hybridized carbons (Fsp3) is 0.364. The van der Waals surface area contributed by atoms with E-state index in [1.54, 1.807) is 19.0 Å². The molecule has 0 saturated heterocycles. The molecule has 4 nitrogen and oxygen atoms in total. The molecule has 1 amide bonds. The number of nitrogens with two attached hydrogens (primary N) is 1. The number of nitrogen functional groups attached to an aromatic ring is 1. The number of carbonyl (C=O) groups is 1. The average Bonchev–Trinajstić information content (AvgIpc) is 2.20. The second kappa shape index (κ2) is 5.36. The van der Waals surface area contributed by atoms with Gasteiger partial charge in [0.25, 0.3) is 0 Å². The van der Waals surface area contributed by atoms with Crippen molar-refractivity contribution >= 4 is 11.6 Å². The highest BCUT2D eigenvalue weighted by Crippen LogP contribution is 2.09. The lowest BCUT2D eigenvalue weighted by molar-refractivity contribution is -0.127. The fourth-order valence-corrected chi connectivity index (χ4v) is 1.16. The average molecular weight is 207 g/mol. The van der Waals surface area contributed by atoms with Gasteiger partial charge in [-0.3, -0.25) is 4.79 Å². The van der Waals surface area contributed by atoms with Crippen molar-refractivity contribution in [1.82, 2.24) is 10.2 Å². The van der Waals surface area contributed by atoms with E-state index in [2.05, 4.69) is 5.32 Å². The number of para-hydroxylation sites is 1. The van der Waals surface area contributed by atoms with Gasteiger partial charge in [0.2, 0.25) is 5.91 Å². The molecule has 82 valence electrons. The Labute approximate surface area is 90.1 Å². The predicted octanol–water partition coefficient (Wildman–Crippen LogP) is 0.447. The van der Waals surface area contributed by atoms with Crippen LogP contribution >= 0.6 is 0 Å². The lowest BCUT2D eigenvalue weighted by Gasteiger charge is -2.11. The Bertz CT molecular complexity index is 336. The van der Waals surface area contributed by atoms with E-state index in [1.807, 2.05) is 24.3 Å². The van der Waals surface area contributed by atoms with Crippen molar-refractivity contribution < 1.29 is 4.79 Å². The van der Waals surface area contributed by atoms with E-state index < -0.39 is 0 Å². The number of carbonyl (C=O) groups excluding carboxylic acids is 1. The second-order valence-electron chi connectivity index (χ2n) is 3.59. The highest BCUT2D eigenvalue weighted by atomic mass is 16.2. The van der Waals surface area contributed by atoms with Crippen LogP contribution in [-0.4, -0.2) is 31.4 Å². The molecule has 0 spiro atoms. The highest BCUT2D eigenvalue weighted by Gasteiger charge is 2.03. The van der Waals surface area contributed by atoms with Gasteiger partial charge in [-0.2, -0.15) is 0 Å². The van der Waals surface area contributed by atoms with Gasteiger partial charge in [-0.25, -0.2) is 0 Å². The summed E-state index contributed by atoms with van der Waals surface area (Å²) in [6.07, 6.45) is 0. The minimum absolute atomic E-state index is 0.0597. The van der Waals surface area contributed by atoms with Crippen LogP contribution in [0.15, 0.2) is 24.3 Å². The molecular weight excluding hydrogens is 190 g/mol. The quantitative estimate of drug-likeness (QED) is 0.705. The van der Waals surface area contributed by atoms with E-state index in [0.29, 0.717) is 13.1 Å². The first-order chi connectivity index (χ1) is 7.11.